The van der Waals surface area contributed by atoms with E-state index in [1.807, 2.05) is 0 Å². The predicted molar refractivity (Wildman–Crippen MR) is 71.8 cm³/mol. The number of nitrogens with zero attached hydrogens (tertiary/aromatic N) is 4. The van der Waals surface area contributed by atoms with Gasteiger partial charge in [0.05, 0.1) is 11.5 Å². The van der Waals surface area contributed by atoms with Gasteiger partial charge in [-0.1, -0.05) is 0 Å². The number of nitriles is 2. The summed E-state index contributed by atoms with van der Waals surface area (Å²) in [5, 5.41) is 33.7. The molecule has 0 atom stereocenters. The Balaban J connectivity index is 4.67. The van der Waals surface area contributed by atoms with E-state index in [4.69, 9.17) is 21.3 Å². The van der Waals surface area contributed by atoms with Crippen molar-refractivity contribution >= 4 is 31.4 Å². The molecule has 0 aromatic rings. The Morgan fingerprint density at radius 1 is 0.800 bits per heavy atom. The highest BCUT2D eigenvalue weighted by atomic mass is 32.2. The standard InChI is InChI=1S/C10H8N4O4S2/c11-5-9(6-12)19(15,16)3-1-2-4-20(17,18)10(7-13)8-14/h1-4H2/q-2. The molecular weight excluding hydrogens is 304 g/mol. The van der Waals surface area contributed by atoms with Gasteiger partial charge in [-0.25, -0.2) is 28.6 Å². The van der Waals surface area contributed by atoms with E-state index < -0.39 is 41.0 Å². The summed E-state index contributed by atoms with van der Waals surface area (Å²) in [6.07, 6.45) is -0.225. The molecule has 0 aliphatic carbocycles. The Bertz CT molecular complexity index is 700. The van der Waals surface area contributed by atoms with Crippen molar-refractivity contribution in [2.75, 3.05) is 11.5 Å². The number of rotatable bonds is 7. The molecule has 0 N–H and O–H groups in total. The summed E-state index contributed by atoms with van der Waals surface area (Å²) in [5.74, 6) is 1.39. The van der Waals surface area contributed by atoms with E-state index >= 15 is 0 Å². The average molecular weight is 312 g/mol. The van der Waals surface area contributed by atoms with Crippen molar-refractivity contribution in [3.05, 3.63) is 20.6 Å². The molecule has 0 aromatic carbocycles. The third-order valence-electron chi connectivity index (χ3n) is 2.10. The van der Waals surface area contributed by atoms with E-state index in [1.165, 1.54) is 23.9 Å². The highest BCUT2D eigenvalue weighted by molar-refractivity contribution is 7.96. The molecule has 0 amide bonds. The zero-order chi connectivity index (χ0) is 15.8. The second kappa shape index (κ2) is 7.39. The number of allylic oxidation sites excluding steroid dienone is 2. The van der Waals surface area contributed by atoms with Crippen LogP contribution in [-0.2, 0) is 19.7 Å². The lowest BCUT2D eigenvalue weighted by molar-refractivity contribution is 0.593. The largest absolute Gasteiger partial charge is 0.762 e. The maximum atomic E-state index is 11.4. The quantitative estimate of drug-likeness (QED) is 0.362. The minimum atomic E-state index is -4.01. The molecule has 0 aliphatic rings. The highest BCUT2D eigenvalue weighted by Crippen LogP contribution is 2.10. The maximum absolute atomic E-state index is 11.4. The van der Waals surface area contributed by atoms with Crippen LogP contribution in [0.25, 0.3) is 10.8 Å². The number of hydrogen-bond acceptors (Lipinski definition) is 6. The van der Waals surface area contributed by atoms with Crippen LogP contribution in [0.2, 0.25) is 0 Å². The van der Waals surface area contributed by atoms with Crippen LogP contribution >= 0.6 is 0 Å². The van der Waals surface area contributed by atoms with Crippen LogP contribution < -0.4 is 0 Å². The molecule has 0 rings (SSSR count). The SMILES string of the molecule is N#CC(=C=[N-])S(=O)(=O)CCCCS(=O)(=O)C(=C=[N-])C#N. The van der Waals surface area contributed by atoms with Crippen molar-refractivity contribution in [2.45, 2.75) is 12.8 Å². The van der Waals surface area contributed by atoms with Crippen LogP contribution in [0.1, 0.15) is 12.8 Å². The molecule has 0 fully saturated rings. The van der Waals surface area contributed by atoms with Gasteiger partial charge in [-0.3, -0.25) is 0 Å². The average Bonchev–Trinajstić information content (AvgIpc) is 2.37. The van der Waals surface area contributed by atoms with Crippen LogP contribution in [0.5, 0.6) is 0 Å². The lowest BCUT2D eigenvalue weighted by Gasteiger charge is -2.03. The minimum absolute atomic E-state index is 0.113. The first-order valence-electron chi connectivity index (χ1n) is 5.05. The topological polar surface area (TPSA) is 160 Å². The Morgan fingerprint density at radius 3 is 1.30 bits per heavy atom. The van der Waals surface area contributed by atoms with Gasteiger partial charge in [-0.2, -0.15) is 10.5 Å². The maximum Gasteiger partial charge on any atom is 0.194 e. The fraction of sp³-hybridized carbons (Fsp3) is 0.400. The summed E-state index contributed by atoms with van der Waals surface area (Å²) in [4.78, 5) is -1.86. The van der Waals surface area contributed by atoms with Crippen molar-refractivity contribution in [2.24, 2.45) is 0 Å². The van der Waals surface area contributed by atoms with Crippen LogP contribution in [0.4, 0.5) is 0 Å². The second-order valence-corrected chi connectivity index (χ2v) is 7.54. The summed E-state index contributed by atoms with van der Waals surface area (Å²) >= 11 is 0. The van der Waals surface area contributed by atoms with Gasteiger partial charge >= 0.3 is 0 Å². The zero-order valence-electron chi connectivity index (χ0n) is 10.1. The van der Waals surface area contributed by atoms with Gasteiger partial charge in [0.15, 0.2) is 29.5 Å². The number of hydrogen-bond donors (Lipinski definition) is 0. The molecular formula is C10H8N4O4S2-2. The lowest BCUT2D eigenvalue weighted by Crippen LogP contribution is -2.12. The normalized spacial score (nSPS) is 10.5. The molecule has 10 heteroatoms. The molecule has 0 radical (unpaired) electrons. The Labute approximate surface area is 116 Å². The van der Waals surface area contributed by atoms with Crippen molar-refractivity contribution < 1.29 is 16.8 Å². The first-order valence-corrected chi connectivity index (χ1v) is 8.35. The van der Waals surface area contributed by atoms with Crippen molar-refractivity contribution in [1.82, 2.24) is 0 Å². The van der Waals surface area contributed by atoms with Gasteiger partial charge in [0.2, 0.25) is 0 Å². The molecule has 0 bridgehead atoms. The van der Waals surface area contributed by atoms with Gasteiger partial charge < -0.3 is 10.8 Å². The number of sulfone groups is 2. The van der Waals surface area contributed by atoms with Gasteiger partial charge in [0, 0.05) is 0 Å². The van der Waals surface area contributed by atoms with Crippen molar-refractivity contribution in [1.29, 1.82) is 10.5 Å². The van der Waals surface area contributed by atoms with Gasteiger partial charge in [-0.05, 0) is 12.8 Å². The van der Waals surface area contributed by atoms with Crippen molar-refractivity contribution in [3.8, 4) is 12.1 Å². The van der Waals surface area contributed by atoms with E-state index in [0.29, 0.717) is 0 Å². The van der Waals surface area contributed by atoms with Crippen LogP contribution in [-0.4, -0.2) is 40.1 Å². The second-order valence-electron chi connectivity index (χ2n) is 3.45. The minimum Gasteiger partial charge on any atom is -0.762 e. The molecule has 8 nitrogen and oxygen atoms in total. The summed E-state index contributed by atoms with van der Waals surface area (Å²) in [7, 11) is -8.02. The molecule has 0 heterocycles. The van der Waals surface area contributed by atoms with Crippen LogP contribution in [0, 0.1) is 22.7 Å². The first kappa shape index (κ1) is 17.8. The lowest BCUT2D eigenvalue weighted by atomic mass is 10.4. The summed E-state index contributed by atoms with van der Waals surface area (Å²) < 4.78 is 45.7. The Morgan fingerprint density at radius 2 is 1.10 bits per heavy atom. The monoisotopic (exact) mass is 312 g/mol. The molecule has 0 saturated heterocycles. The third kappa shape index (κ3) is 4.81. The van der Waals surface area contributed by atoms with Crippen LogP contribution in [0.3, 0.4) is 0 Å². The Kier molecular flexibility index (Phi) is 6.57. The van der Waals surface area contributed by atoms with Gasteiger partial charge in [-0.15, -0.1) is 0 Å². The summed E-state index contributed by atoms with van der Waals surface area (Å²) in [6, 6.07) is 2.49. The molecule has 0 spiro atoms. The van der Waals surface area contributed by atoms with E-state index in [2.05, 4.69) is 0 Å². The molecule has 20 heavy (non-hydrogen) atoms. The van der Waals surface area contributed by atoms with Gasteiger partial charge in [0.25, 0.3) is 0 Å². The predicted octanol–water partition coefficient (Wildman–Crippen LogP) is -0.111. The van der Waals surface area contributed by atoms with E-state index in [1.54, 1.807) is 0 Å². The summed E-state index contributed by atoms with van der Waals surface area (Å²) in [6.45, 7) is 0. The number of unbranched alkanes of at least 4 members (excludes halogenated alkanes) is 1. The molecule has 106 valence electrons. The van der Waals surface area contributed by atoms with Crippen molar-refractivity contribution in [3.63, 3.8) is 0 Å². The summed E-state index contributed by atoms with van der Waals surface area (Å²) in [5.41, 5.74) is 0. The molecule has 0 saturated carbocycles. The van der Waals surface area contributed by atoms with Gasteiger partial charge in [0.1, 0.15) is 12.1 Å². The molecule has 0 aliphatic heterocycles. The van der Waals surface area contributed by atoms with E-state index in [0.717, 1.165) is 0 Å². The van der Waals surface area contributed by atoms with Crippen LogP contribution in [0.15, 0.2) is 9.81 Å². The zero-order valence-corrected chi connectivity index (χ0v) is 11.7. The highest BCUT2D eigenvalue weighted by Gasteiger charge is 2.18. The molecule has 0 unspecified atom stereocenters. The fourth-order valence-corrected chi connectivity index (χ4v) is 3.25. The van der Waals surface area contributed by atoms with E-state index in [-0.39, 0.29) is 12.8 Å². The third-order valence-corrected chi connectivity index (χ3v) is 5.37. The fourth-order valence-electron chi connectivity index (χ4n) is 1.12. The Hall–Kier alpha value is -2.22. The van der Waals surface area contributed by atoms with E-state index in [9.17, 15) is 16.8 Å². The first-order chi connectivity index (χ1) is 9.25. The smallest absolute Gasteiger partial charge is 0.194 e. The molecule has 0 aromatic heterocycles.